The van der Waals surface area contributed by atoms with Gasteiger partial charge in [0.2, 0.25) is 5.91 Å². The third-order valence-electron chi connectivity index (χ3n) is 4.04. The van der Waals surface area contributed by atoms with Crippen LogP contribution in [0, 0.1) is 0 Å². The highest BCUT2D eigenvalue weighted by molar-refractivity contribution is 6.32. The number of anilines is 2. The van der Waals surface area contributed by atoms with Gasteiger partial charge in [-0.1, -0.05) is 11.6 Å². The van der Waals surface area contributed by atoms with E-state index in [1.807, 2.05) is 0 Å². The van der Waals surface area contributed by atoms with Crippen molar-refractivity contribution >= 4 is 34.8 Å². The highest BCUT2D eigenvalue weighted by Crippen LogP contribution is 2.27. The average Bonchev–Trinajstić information content (AvgIpc) is 3.25. The van der Waals surface area contributed by atoms with Crippen molar-refractivity contribution in [3.8, 4) is 5.75 Å². The van der Waals surface area contributed by atoms with Gasteiger partial charge in [-0.25, -0.2) is 0 Å². The van der Waals surface area contributed by atoms with Crippen molar-refractivity contribution in [3.05, 3.63) is 77.2 Å². The lowest BCUT2D eigenvalue weighted by molar-refractivity contribution is -0.114. The first-order chi connectivity index (χ1) is 14.0. The fourth-order valence-electron chi connectivity index (χ4n) is 2.55. The van der Waals surface area contributed by atoms with Crippen molar-refractivity contribution < 1.29 is 18.7 Å². The molecule has 0 radical (unpaired) electrons. The Morgan fingerprint density at radius 2 is 1.83 bits per heavy atom. The van der Waals surface area contributed by atoms with E-state index in [0.29, 0.717) is 34.3 Å². The number of carbonyl (C=O) groups excluding carboxylic acids is 2. The van der Waals surface area contributed by atoms with Crippen LogP contribution in [0.3, 0.4) is 0 Å². The molecule has 3 rings (SSSR count). The summed E-state index contributed by atoms with van der Waals surface area (Å²) in [4.78, 5) is 24.2. The number of hydrogen-bond donors (Lipinski definition) is 3. The quantitative estimate of drug-likeness (QED) is 0.520. The van der Waals surface area contributed by atoms with Gasteiger partial charge >= 0.3 is 0 Å². The van der Waals surface area contributed by atoms with Crippen molar-refractivity contribution in [1.82, 2.24) is 5.32 Å². The third-order valence-corrected chi connectivity index (χ3v) is 4.33. The number of nitrogens with one attached hydrogen (secondary N) is 3. The number of benzene rings is 2. The van der Waals surface area contributed by atoms with Crippen LogP contribution in [0.15, 0.2) is 65.3 Å². The number of furan rings is 1. The molecule has 3 N–H and O–H groups in total. The molecule has 0 aliphatic rings. The smallest absolute Gasteiger partial charge is 0.251 e. The van der Waals surface area contributed by atoms with Crippen LogP contribution in [0.25, 0.3) is 0 Å². The molecule has 150 valence electrons. The van der Waals surface area contributed by atoms with Gasteiger partial charge in [0.05, 0.1) is 31.5 Å². The summed E-state index contributed by atoms with van der Waals surface area (Å²) in [6.07, 6.45) is 1.56. The molecule has 3 aromatic rings. The molecule has 0 bridgehead atoms. The monoisotopic (exact) mass is 413 g/mol. The molecule has 0 saturated heterocycles. The van der Waals surface area contributed by atoms with Crippen LogP contribution < -0.4 is 20.7 Å². The molecule has 0 saturated carbocycles. The zero-order valence-electron chi connectivity index (χ0n) is 15.7. The summed E-state index contributed by atoms with van der Waals surface area (Å²) >= 11 is 6.05. The molecule has 29 heavy (non-hydrogen) atoms. The zero-order chi connectivity index (χ0) is 20.6. The normalized spacial score (nSPS) is 10.3. The van der Waals surface area contributed by atoms with Gasteiger partial charge in [0.25, 0.3) is 5.91 Å². The lowest BCUT2D eigenvalue weighted by Crippen LogP contribution is -2.23. The van der Waals surface area contributed by atoms with Crippen LogP contribution in [0.1, 0.15) is 16.1 Å². The van der Waals surface area contributed by atoms with Gasteiger partial charge in [0.15, 0.2) is 0 Å². The molecule has 0 unspecified atom stereocenters. The number of methoxy groups -OCH3 is 1. The fraction of sp³-hybridized carbons (Fsp3) is 0.143. The van der Waals surface area contributed by atoms with Crippen LogP contribution in [0.4, 0.5) is 11.4 Å². The maximum Gasteiger partial charge on any atom is 0.251 e. The maximum absolute atomic E-state index is 12.1. The molecule has 0 aliphatic carbocycles. The van der Waals surface area contributed by atoms with Crippen molar-refractivity contribution in [2.45, 2.75) is 6.54 Å². The van der Waals surface area contributed by atoms with E-state index < -0.39 is 0 Å². The molecule has 2 amide bonds. The van der Waals surface area contributed by atoms with E-state index >= 15 is 0 Å². The summed E-state index contributed by atoms with van der Waals surface area (Å²) < 4.78 is 10.3. The van der Waals surface area contributed by atoms with Crippen LogP contribution >= 0.6 is 11.6 Å². The molecule has 0 atom stereocenters. The second-order valence-corrected chi connectivity index (χ2v) is 6.50. The standard InChI is InChI=1S/C21H20ClN3O4/c1-28-19-9-8-16(11-18(19)22)25-20(26)13-23-15-6-4-14(5-7-15)21(27)24-12-17-3-2-10-29-17/h2-11,23H,12-13H2,1H3,(H,24,27)(H,25,26). The molecule has 1 aromatic heterocycles. The molecule has 1 heterocycles. The predicted octanol–water partition coefficient (Wildman–Crippen LogP) is 3.92. The topological polar surface area (TPSA) is 92.6 Å². The van der Waals surface area contributed by atoms with Gasteiger partial charge in [-0.3, -0.25) is 9.59 Å². The molecule has 0 fully saturated rings. The first-order valence-corrected chi connectivity index (χ1v) is 9.21. The molecular weight excluding hydrogens is 394 g/mol. The molecule has 0 spiro atoms. The van der Waals surface area contributed by atoms with Crippen molar-refractivity contribution in [2.75, 3.05) is 24.3 Å². The second kappa shape index (κ2) is 9.66. The van der Waals surface area contributed by atoms with E-state index in [1.54, 1.807) is 60.9 Å². The average molecular weight is 414 g/mol. The van der Waals surface area contributed by atoms with Crippen molar-refractivity contribution in [2.24, 2.45) is 0 Å². The number of ether oxygens (including phenoxy) is 1. The summed E-state index contributed by atoms with van der Waals surface area (Å²) in [5, 5.41) is 8.95. The summed E-state index contributed by atoms with van der Waals surface area (Å²) in [5.74, 6) is 0.783. The SMILES string of the molecule is COc1ccc(NC(=O)CNc2ccc(C(=O)NCc3ccco3)cc2)cc1Cl. The van der Waals surface area contributed by atoms with Crippen LogP contribution in [0.2, 0.25) is 5.02 Å². The Kier molecular flexibility index (Phi) is 6.76. The Bertz CT molecular complexity index is 972. The maximum atomic E-state index is 12.1. The molecule has 7 nitrogen and oxygen atoms in total. The summed E-state index contributed by atoms with van der Waals surface area (Å²) in [6.45, 7) is 0.384. The molecule has 0 aliphatic heterocycles. The third kappa shape index (κ3) is 5.76. The largest absolute Gasteiger partial charge is 0.495 e. The number of hydrogen-bond acceptors (Lipinski definition) is 5. The van der Waals surface area contributed by atoms with Gasteiger partial charge in [0, 0.05) is 16.9 Å². The molecular formula is C21H20ClN3O4. The van der Waals surface area contributed by atoms with E-state index in [2.05, 4.69) is 16.0 Å². The zero-order valence-corrected chi connectivity index (χ0v) is 16.5. The summed E-state index contributed by atoms with van der Waals surface area (Å²) in [5.41, 5.74) is 1.81. The van der Waals surface area contributed by atoms with E-state index in [4.69, 9.17) is 20.8 Å². The van der Waals surface area contributed by atoms with E-state index in [1.165, 1.54) is 7.11 Å². The highest BCUT2D eigenvalue weighted by atomic mass is 35.5. The Balaban J connectivity index is 1.47. The predicted molar refractivity (Wildman–Crippen MR) is 111 cm³/mol. The van der Waals surface area contributed by atoms with Gasteiger partial charge in [-0.05, 0) is 54.6 Å². The Morgan fingerprint density at radius 3 is 2.48 bits per heavy atom. The Hall–Kier alpha value is -3.45. The van der Waals surface area contributed by atoms with E-state index in [0.717, 1.165) is 5.69 Å². The lowest BCUT2D eigenvalue weighted by Gasteiger charge is -2.10. The summed E-state index contributed by atoms with van der Waals surface area (Å²) in [6, 6.07) is 15.4. The minimum Gasteiger partial charge on any atom is -0.495 e. The first-order valence-electron chi connectivity index (χ1n) is 8.83. The van der Waals surface area contributed by atoms with E-state index in [-0.39, 0.29) is 18.4 Å². The Morgan fingerprint density at radius 1 is 1.07 bits per heavy atom. The van der Waals surface area contributed by atoms with Crippen LogP contribution in [-0.4, -0.2) is 25.5 Å². The van der Waals surface area contributed by atoms with Crippen LogP contribution in [-0.2, 0) is 11.3 Å². The molecule has 2 aromatic carbocycles. The van der Waals surface area contributed by atoms with Crippen LogP contribution in [0.5, 0.6) is 5.75 Å². The van der Waals surface area contributed by atoms with Gasteiger partial charge in [-0.2, -0.15) is 0 Å². The first kappa shape index (κ1) is 20.3. The van der Waals surface area contributed by atoms with Gasteiger partial charge in [-0.15, -0.1) is 0 Å². The number of amides is 2. The minimum atomic E-state index is -0.230. The number of carbonyl (C=O) groups is 2. The molecule has 8 heteroatoms. The minimum absolute atomic E-state index is 0.0632. The number of rotatable bonds is 8. The summed E-state index contributed by atoms with van der Waals surface area (Å²) in [7, 11) is 1.53. The van der Waals surface area contributed by atoms with E-state index in [9.17, 15) is 9.59 Å². The van der Waals surface area contributed by atoms with Gasteiger partial charge < -0.3 is 25.1 Å². The highest BCUT2D eigenvalue weighted by Gasteiger charge is 2.08. The Labute approximate surface area is 173 Å². The fourth-order valence-corrected chi connectivity index (χ4v) is 2.81. The lowest BCUT2D eigenvalue weighted by atomic mass is 10.2. The van der Waals surface area contributed by atoms with Gasteiger partial charge in [0.1, 0.15) is 11.5 Å². The van der Waals surface area contributed by atoms with Crippen molar-refractivity contribution in [1.29, 1.82) is 0 Å². The van der Waals surface area contributed by atoms with Crippen molar-refractivity contribution in [3.63, 3.8) is 0 Å². The number of halogens is 1. The second-order valence-electron chi connectivity index (χ2n) is 6.09.